The lowest BCUT2D eigenvalue weighted by Crippen LogP contribution is -2.36. The number of halogens is 1. The van der Waals surface area contributed by atoms with Crippen LogP contribution in [0.15, 0.2) is 48.5 Å². The highest BCUT2D eigenvalue weighted by Gasteiger charge is 2.14. The fourth-order valence-corrected chi connectivity index (χ4v) is 2.42. The first-order valence-electron chi connectivity index (χ1n) is 7.91. The molecule has 24 heavy (non-hydrogen) atoms. The molecule has 0 fully saturated rings. The molecule has 4 nitrogen and oxygen atoms in total. The predicted molar refractivity (Wildman–Crippen MR) is 95.9 cm³/mol. The van der Waals surface area contributed by atoms with Gasteiger partial charge in [0.15, 0.2) is 6.10 Å². The average molecular weight is 348 g/mol. The second-order valence-corrected chi connectivity index (χ2v) is 5.90. The summed E-state index contributed by atoms with van der Waals surface area (Å²) in [4.78, 5) is 12.0. The molecule has 1 atom stereocenters. The van der Waals surface area contributed by atoms with Crippen LogP contribution < -0.4 is 14.8 Å². The van der Waals surface area contributed by atoms with Crippen LogP contribution in [0.5, 0.6) is 11.5 Å². The topological polar surface area (TPSA) is 47.6 Å². The fourth-order valence-electron chi connectivity index (χ4n) is 2.24. The molecule has 0 aromatic heterocycles. The Hall–Kier alpha value is -2.20. The second kappa shape index (κ2) is 9.18. The molecule has 1 amide bonds. The van der Waals surface area contributed by atoms with E-state index in [9.17, 15) is 4.79 Å². The van der Waals surface area contributed by atoms with Gasteiger partial charge < -0.3 is 14.8 Å². The first-order valence-corrected chi connectivity index (χ1v) is 8.29. The Morgan fingerprint density at radius 1 is 1.17 bits per heavy atom. The molecule has 2 aromatic carbocycles. The highest BCUT2D eigenvalue weighted by molar-refractivity contribution is 6.30. The summed E-state index contributed by atoms with van der Waals surface area (Å²) in [5.74, 6) is 1.30. The molecule has 0 spiro atoms. The van der Waals surface area contributed by atoms with E-state index in [1.807, 2.05) is 24.3 Å². The quantitative estimate of drug-likeness (QED) is 0.737. The Bertz CT molecular complexity index is 658. The summed E-state index contributed by atoms with van der Waals surface area (Å²) < 4.78 is 10.7. The summed E-state index contributed by atoms with van der Waals surface area (Å²) in [5, 5.41) is 3.47. The minimum Gasteiger partial charge on any atom is -0.497 e. The summed E-state index contributed by atoms with van der Waals surface area (Å²) in [6.07, 6.45) is 1.19. The van der Waals surface area contributed by atoms with Gasteiger partial charge in [-0.15, -0.1) is 0 Å². The number of amides is 1. The maximum atomic E-state index is 12.0. The SMILES string of the molecule is COc1ccc(CCCNC(=O)[C@H](C)Oc2cccc(Cl)c2)cc1. The first kappa shape index (κ1) is 18.1. The van der Waals surface area contributed by atoms with Crippen molar-refractivity contribution < 1.29 is 14.3 Å². The van der Waals surface area contributed by atoms with E-state index >= 15 is 0 Å². The van der Waals surface area contributed by atoms with E-state index < -0.39 is 6.10 Å². The van der Waals surface area contributed by atoms with E-state index in [1.54, 1.807) is 38.3 Å². The van der Waals surface area contributed by atoms with Crippen LogP contribution in [-0.4, -0.2) is 25.7 Å². The minimum absolute atomic E-state index is 0.135. The molecule has 5 heteroatoms. The van der Waals surface area contributed by atoms with Crippen molar-refractivity contribution in [3.05, 3.63) is 59.1 Å². The van der Waals surface area contributed by atoms with E-state index in [1.165, 1.54) is 5.56 Å². The van der Waals surface area contributed by atoms with Gasteiger partial charge in [0.1, 0.15) is 11.5 Å². The Morgan fingerprint density at radius 3 is 2.58 bits per heavy atom. The number of benzene rings is 2. The lowest BCUT2D eigenvalue weighted by Gasteiger charge is -2.15. The van der Waals surface area contributed by atoms with Crippen molar-refractivity contribution in [2.45, 2.75) is 25.9 Å². The van der Waals surface area contributed by atoms with Crippen molar-refractivity contribution in [3.63, 3.8) is 0 Å². The van der Waals surface area contributed by atoms with E-state index in [0.29, 0.717) is 17.3 Å². The largest absolute Gasteiger partial charge is 0.497 e. The number of carbonyl (C=O) groups excluding carboxylic acids is 1. The summed E-state index contributed by atoms with van der Waals surface area (Å²) in [6, 6.07) is 15.0. The van der Waals surface area contributed by atoms with Gasteiger partial charge in [-0.05, 0) is 55.7 Å². The van der Waals surface area contributed by atoms with Gasteiger partial charge in [0.25, 0.3) is 5.91 Å². The number of hydrogen-bond donors (Lipinski definition) is 1. The minimum atomic E-state index is -0.565. The van der Waals surface area contributed by atoms with Crippen molar-refractivity contribution in [2.24, 2.45) is 0 Å². The number of aryl methyl sites for hydroxylation is 1. The number of methoxy groups -OCH3 is 1. The van der Waals surface area contributed by atoms with E-state index in [0.717, 1.165) is 18.6 Å². The zero-order valence-corrected chi connectivity index (χ0v) is 14.7. The molecule has 2 rings (SSSR count). The number of hydrogen-bond acceptors (Lipinski definition) is 3. The van der Waals surface area contributed by atoms with E-state index in [2.05, 4.69) is 5.32 Å². The Morgan fingerprint density at radius 2 is 1.92 bits per heavy atom. The first-order chi connectivity index (χ1) is 11.6. The van der Waals surface area contributed by atoms with Gasteiger partial charge in [-0.1, -0.05) is 29.8 Å². The van der Waals surface area contributed by atoms with Gasteiger partial charge in [0.2, 0.25) is 0 Å². The standard InChI is InChI=1S/C19H22ClNO3/c1-14(24-18-7-3-6-16(20)13-18)19(22)21-12-4-5-15-8-10-17(23-2)11-9-15/h3,6-11,13-14H,4-5,12H2,1-2H3,(H,21,22)/t14-/m0/s1. The second-order valence-electron chi connectivity index (χ2n) is 5.46. The number of ether oxygens (including phenoxy) is 2. The highest BCUT2D eigenvalue weighted by atomic mass is 35.5. The van der Waals surface area contributed by atoms with Crippen LogP contribution in [0.2, 0.25) is 5.02 Å². The van der Waals surface area contributed by atoms with Gasteiger partial charge in [0, 0.05) is 11.6 Å². The number of carbonyl (C=O) groups is 1. The molecular formula is C19H22ClNO3. The molecule has 1 N–H and O–H groups in total. The maximum absolute atomic E-state index is 12.0. The van der Waals surface area contributed by atoms with Crippen molar-refractivity contribution >= 4 is 17.5 Å². The number of rotatable bonds is 8. The zero-order valence-electron chi connectivity index (χ0n) is 13.9. The molecule has 0 bridgehead atoms. The van der Waals surface area contributed by atoms with Gasteiger partial charge in [0.05, 0.1) is 7.11 Å². The Kier molecular flexibility index (Phi) is 6.94. The summed E-state index contributed by atoms with van der Waals surface area (Å²) in [6.45, 7) is 2.33. The average Bonchev–Trinajstić information content (AvgIpc) is 2.59. The molecule has 0 aliphatic heterocycles. The van der Waals surface area contributed by atoms with Crippen molar-refractivity contribution in [1.82, 2.24) is 5.32 Å². The normalized spacial score (nSPS) is 11.6. The van der Waals surface area contributed by atoms with E-state index in [4.69, 9.17) is 21.1 Å². The Labute approximate surface area is 147 Å². The lowest BCUT2D eigenvalue weighted by atomic mass is 10.1. The molecule has 0 radical (unpaired) electrons. The molecule has 0 saturated heterocycles. The smallest absolute Gasteiger partial charge is 0.260 e. The molecule has 2 aromatic rings. The van der Waals surface area contributed by atoms with Crippen molar-refractivity contribution in [1.29, 1.82) is 0 Å². The van der Waals surface area contributed by atoms with Crippen LogP contribution in [0.4, 0.5) is 0 Å². The van der Waals surface area contributed by atoms with E-state index in [-0.39, 0.29) is 5.91 Å². The third-order valence-corrected chi connectivity index (χ3v) is 3.81. The molecule has 0 heterocycles. The third kappa shape index (κ3) is 5.78. The lowest BCUT2D eigenvalue weighted by molar-refractivity contribution is -0.127. The van der Waals surface area contributed by atoms with Gasteiger partial charge in [-0.3, -0.25) is 4.79 Å². The molecule has 0 unspecified atom stereocenters. The molecule has 0 aliphatic carbocycles. The van der Waals surface area contributed by atoms with Crippen LogP contribution in [-0.2, 0) is 11.2 Å². The summed E-state index contributed by atoms with van der Waals surface area (Å²) in [7, 11) is 1.65. The van der Waals surface area contributed by atoms with Crippen LogP contribution in [0.3, 0.4) is 0 Å². The number of nitrogens with one attached hydrogen (secondary N) is 1. The molecular weight excluding hydrogens is 326 g/mol. The molecule has 0 aliphatic rings. The third-order valence-electron chi connectivity index (χ3n) is 3.58. The summed E-state index contributed by atoms with van der Waals surface area (Å²) in [5.41, 5.74) is 1.22. The monoisotopic (exact) mass is 347 g/mol. The Balaban J connectivity index is 1.70. The van der Waals surface area contributed by atoms with Crippen molar-refractivity contribution in [2.75, 3.05) is 13.7 Å². The predicted octanol–water partition coefficient (Wildman–Crippen LogP) is 3.86. The molecule has 0 saturated carbocycles. The maximum Gasteiger partial charge on any atom is 0.260 e. The summed E-state index contributed by atoms with van der Waals surface area (Å²) >= 11 is 5.90. The van der Waals surface area contributed by atoms with Crippen molar-refractivity contribution in [3.8, 4) is 11.5 Å². The van der Waals surface area contributed by atoms with Gasteiger partial charge in [-0.25, -0.2) is 0 Å². The highest BCUT2D eigenvalue weighted by Crippen LogP contribution is 2.18. The van der Waals surface area contributed by atoms with Gasteiger partial charge >= 0.3 is 0 Å². The van der Waals surface area contributed by atoms with Crippen LogP contribution in [0, 0.1) is 0 Å². The van der Waals surface area contributed by atoms with Crippen LogP contribution in [0.1, 0.15) is 18.9 Å². The van der Waals surface area contributed by atoms with Crippen LogP contribution in [0.25, 0.3) is 0 Å². The van der Waals surface area contributed by atoms with Gasteiger partial charge in [-0.2, -0.15) is 0 Å². The molecule has 128 valence electrons. The van der Waals surface area contributed by atoms with Crippen LogP contribution >= 0.6 is 11.6 Å². The zero-order chi connectivity index (χ0) is 17.4. The fraction of sp³-hybridized carbons (Fsp3) is 0.316.